The highest BCUT2D eigenvalue weighted by Gasteiger charge is 2.51. The Morgan fingerprint density at radius 1 is 1.39 bits per heavy atom. The second-order valence-electron chi connectivity index (χ2n) is 5.23. The van der Waals surface area contributed by atoms with Crippen LogP contribution < -0.4 is 5.48 Å². The molecule has 4 heteroatoms. The third-order valence-corrected chi connectivity index (χ3v) is 3.69. The Bertz CT molecular complexity index is 424. The van der Waals surface area contributed by atoms with Gasteiger partial charge in [-0.3, -0.25) is 9.63 Å². The largest absolute Gasteiger partial charge is 0.273 e. The van der Waals surface area contributed by atoms with Crippen LogP contribution in [0.5, 0.6) is 0 Å². The Kier molecular flexibility index (Phi) is 4.07. The topological polar surface area (TPSA) is 38.3 Å². The van der Waals surface area contributed by atoms with Gasteiger partial charge in [-0.05, 0) is 36.5 Å². The van der Waals surface area contributed by atoms with E-state index in [-0.39, 0.29) is 11.3 Å². The average Bonchev–Trinajstić information content (AvgIpc) is 3.10. The quantitative estimate of drug-likeness (QED) is 0.848. The summed E-state index contributed by atoms with van der Waals surface area (Å²) >= 11 is 3.40. The van der Waals surface area contributed by atoms with E-state index in [1.807, 2.05) is 38.1 Å². The summed E-state index contributed by atoms with van der Waals surface area (Å²) in [7, 11) is 0. The SMILES string of the molecule is CC(C)CONC(=O)C1(c2ccc(Br)cc2)CC1. The minimum absolute atomic E-state index is 0.0227. The predicted octanol–water partition coefficient (Wildman–Crippen LogP) is 3.18. The van der Waals surface area contributed by atoms with Gasteiger partial charge < -0.3 is 0 Å². The van der Waals surface area contributed by atoms with Crippen molar-refractivity contribution < 1.29 is 9.63 Å². The van der Waals surface area contributed by atoms with Gasteiger partial charge in [0.2, 0.25) is 0 Å². The number of hydrogen-bond acceptors (Lipinski definition) is 2. The van der Waals surface area contributed by atoms with Gasteiger partial charge in [-0.15, -0.1) is 0 Å². The Morgan fingerprint density at radius 3 is 2.50 bits per heavy atom. The van der Waals surface area contributed by atoms with E-state index in [1.165, 1.54) is 0 Å². The van der Waals surface area contributed by atoms with E-state index in [1.54, 1.807) is 0 Å². The summed E-state index contributed by atoms with van der Waals surface area (Å²) in [5, 5.41) is 0. The lowest BCUT2D eigenvalue weighted by Gasteiger charge is -2.16. The van der Waals surface area contributed by atoms with Crippen LogP contribution >= 0.6 is 15.9 Å². The first kappa shape index (κ1) is 13.6. The van der Waals surface area contributed by atoms with E-state index in [2.05, 4.69) is 21.4 Å². The van der Waals surface area contributed by atoms with Crippen LogP contribution in [-0.4, -0.2) is 12.5 Å². The molecule has 0 radical (unpaired) electrons. The third kappa shape index (κ3) is 2.93. The highest BCUT2D eigenvalue weighted by Crippen LogP contribution is 2.48. The lowest BCUT2D eigenvalue weighted by molar-refractivity contribution is -0.137. The predicted molar refractivity (Wildman–Crippen MR) is 74.0 cm³/mol. The molecule has 0 atom stereocenters. The van der Waals surface area contributed by atoms with Crippen LogP contribution in [0.25, 0.3) is 0 Å². The maximum absolute atomic E-state index is 12.1. The number of nitrogens with one attached hydrogen (secondary N) is 1. The van der Waals surface area contributed by atoms with Crippen LogP contribution in [-0.2, 0) is 15.0 Å². The van der Waals surface area contributed by atoms with Crippen molar-refractivity contribution in [1.29, 1.82) is 0 Å². The van der Waals surface area contributed by atoms with Crippen molar-refractivity contribution in [1.82, 2.24) is 5.48 Å². The van der Waals surface area contributed by atoms with Gasteiger partial charge in [-0.25, -0.2) is 5.48 Å². The number of hydrogen-bond donors (Lipinski definition) is 1. The fourth-order valence-electron chi connectivity index (χ4n) is 1.91. The molecule has 1 saturated carbocycles. The van der Waals surface area contributed by atoms with Crippen LogP contribution in [0.15, 0.2) is 28.7 Å². The molecule has 0 bridgehead atoms. The van der Waals surface area contributed by atoms with Gasteiger partial charge in [0.1, 0.15) is 0 Å². The second-order valence-corrected chi connectivity index (χ2v) is 6.14. The van der Waals surface area contributed by atoms with E-state index < -0.39 is 0 Å². The number of halogens is 1. The molecule has 18 heavy (non-hydrogen) atoms. The van der Waals surface area contributed by atoms with Crippen LogP contribution in [0.4, 0.5) is 0 Å². The highest BCUT2D eigenvalue weighted by molar-refractivity contribution is 9.10. The maximum atomic E-state index is 12.1. The summed E-state index contributed by atoms with van der Waals surface area (Å²) in [5.41, 5.74) is 3.28. The lowest BCUT2D eigenvalue weighted by atomic mass is 9.95. The summed E-state index contributed by atoms with van der Waals surface area (Å²) in [5.74, 6) is 0.388. The van der Waals surface area contributed by atoms with E-state index in [9.17, 15) is 4.79 Å². The molecule has 1 N–H and O–H groups in total. The van der Waals surface area contributed by atoms with Gasteiger partial charge in [-0.2, -0.15) is 0 Å². The molecule has 1 amide bonds. The molecule has 0 heterocycles. The molecule has 1 fully saturated rings. The molecule has 0 unspecified atom stereocenters. The van der Waals surface area contributed by atoms with Gasteiger partial charge in [0.25, 0.3) is 5.91 Å². The van der Waals surface area contributed by atoms with Crippen LogP contribution in [0.2, 0.25) is 0 Å². The summed E-state index contributed by atoms with van der Waals surface area (Å²) < 4.78 is 1.03. The van der Waals surface area contributed by atoms with E-state index in [0.717, 1.165) is 22.9 Å². The number of rotatable bonds is 5. The van der Waals surface area contributed by atoms with E-state index in [0.29, 0.717) is 12.5 Å². The lowest BCUT2D eigenvalue weighted by Crippen LogP contribution is -2.35. The van der Waals surface area contributed by atoms with Crippen molar-refractivity contribution >= 4 is 21.8 Å². The Balaban J connectivity index is 1.98. The number of carbonyl (C=O) groups excluding carboxylic acids is 1. The Hall–Kier alpha value is -0.870. The standard InChI is InChI=1S/C14H18BrNO2/c1-10(2)9-18-16-13(17)14(7-8-14)11-3-5-12(15)6-4-11/h3-6,10H,7-9H2,1-2H3,(H,16,17). The fourth-order valence-corrected chi connectivity index (χ4v) is 2.18. The van der Waals surface area contributed by atoms with E-state index in [4.69, 9.17) is 4.84 Å². The summed E-state index contributed by atoms with van der Waals surface area (Å²) in [4.78, 5) is 17.4. The molecule has 1 aromatic carbocycles. The fraction of sp³-hybridized carbons (Fsp3) is 0.500. The first-order valence-electron chi connectivity index (χ1n) is 6.23. The third-order valence-electron chi connectivity index (χ3n) is 3.16. The molecule has 1 aromatic rings. The molecular weight excluding hydrogens is 294 g/mol. The van der Waals surface area contributed by atoms with Crippen molar-refractivity contribution in [2.75, 3.05) is 6.61 Å². The summed E-state index contributed by atoms with van der Waals surface area (Å²) in [6.45, 7) is 4.64. The molecule has 0 aliphatic heterocycles. The van der Waals surface area contributed by atoms with Crippen molar-refractivity contribution in [3.05, 3.63) is 34.3 Å². The number of benzene rings is 1. The van der Waals surface area contributed by atoms with Crippen LogP contribution in [0.1, 0.15) is 32.3 Å². The normalized spacial score (nSPS) is 16.7. The molecule has 0 spiro atoms. The zero-order chi connectivity index (χ0) is 13.2. The molecular formula is C14H18BrNO2. The Morgan fingerprint density at radius 2 is 2.00 bits per heavy atom. The monoisotopic (exact) mass is 311 g/mol. The van der Waals surface area contributed by atoms with E-state index >= 15 is 0 Å². The average molecular weight is 312 g/mol. The van der Waals surface area contributed by atoms with Crippen LogP contribution in [0.3, 0.4) is 0 Å². The smallest absolute Gasteiger partial charge is 0.254 e. The molecule has 1 aliphatic rings. The van der Waals surface area contributed by atoms with Gasteiger partial charge >= 0.3 is 0 Å². The number of hydroxylamine groups is 1. The van der Waals surface area contributed by atoms with Crippen molar-refractivity contribution in [2.24, 2.45) is 5.92 Å². The zero-order valence-electron chi connectivity index (χ0n) is 10.7. The van der Waals surface area contributed by atoms with Gasteiger partial charge in [0.05, 0.1) is 12.0 Å². The zero-order valence-corrected chi connectivity index (χ0v) is 12.3. The maximum Gasteiger partial charge on any atom is 0.254 e. The van der Waals surface area contributed by atoms with Gasteiger partial charge in [0.15, 0.2) is 0 Å². The molecule has 98 valence electrons. The first-order chi connectivity index (χ1) is 8.54. The van der Waals surface area contributed by atoms with Gasteiger partial charge in [0, 0.05) is 4.47 Å². The molecule has 1 aliphatic carbocycles. The molecule has 3 nitrogen and oxygen atoms in total. The minimum Gasteiger partial charge on any atom is -0.273 e. The van der Waals surface area contributed by atoms with Crippen molar-refractivity contribution in [3.63, 3.8) is 0 Å². The molecule has 0 saturated heterocycles. The summed E-state index contributed by atoms with van der Waals surface area (Å²) in [6.07, 6.45) is 1.79. The number of amides is 1. The second kappa shape index (κ2) is 5.41. The minimum atomic E-state index is -0.363. The Labute approximate surface area is 116 Å². The van der Waals surface area contributed by atoms with Crippen LogP contribution in [0, 0.1) is 5.92 Å². The summed E-state index contributed by atoms with van der Waals surface area (Å²) in [6, 6.07) is 7.94. The van der Waals surface area contributed by atoms with Crippen molar-refractivity contribution in [2.45, 2.75) is 32.1 Å². The van der Waals surface area contributed by atoms with Crippen molar-refractivity contribution in [3.8, 4) is 0 Å². The first-order valence-corrected chi connectivity index (χ1v) is 7.02. The van der Waals surface area contributed by atoms with Gasteiger partial charge in [-0.1, -0.05) is 41.9 Å². The highest BCUT2D eigenvalue weighted by atomic mass is 79.9. The number of carbonyl (C=O) groups is 1. The molecule has 0 aromatic heterocycles. The molecule has 2 rings (SSSR count).